The number of nitrogens with zero attached hydrogens (tertiary/aromatic N) is 2. The summed E-state index contributed by atoms with van der Waals surface area (Å²) in [5.74, 6) is 0.873. The van der Waals surface area contributed by atoms with Crippen molar-refractivity contribution < 1.29 is 4.74 Å². The van der Waals surface area contributed by atoms with Gasteiger partial charge in [0.05, 0.1) is 5.69 Å². The fourth-order valence-corrected chi connectivity index (χ4v) is 2.72. The molecule has 0 atom stereocenters. The third-order valence-electron chi connectivity index (χ3n) is 4.07. The first-order valence-electron chi connectivity index (χ1n) is 6.93. The second-order valence-corrected chi connectivity index (χ2v) is 5.43. The fraction of sp³-hybridized carbons (Fsp3) is 0.714. The van der Waals surface area contributed by atoms with Crippen LogP contribution in [0.15, 0.2) is 12.3 Å². The molecule has 0 spiro atoms. The molecule has 2 aliphatic carbocycles. The zero-order chi connectivity index (χ0) is 12.4. The Bertz CT molecular complexity index is 411. The summed E-state index contributed by atoms with van der Waals surface area (Å²) in [5, 5.41) is 3.49. The Balaban J connectivity index is 1.76. The topological polar surface area (TPSA) is 47.0 Å². The maximum Gasteiger partial charge on any atom is 0.160 e. The summed E-state index contributed by atoms with van der Waals surface area (Å²) in [6.45, 7) is 0.847. The van der Waals surface area contributed by atoms with E-state index in [-0.39, 0.29) is 5.60 Å². The SMILES string of the molecule is COC1(c2nccc(CNC3CC3)n2)CCCC1. The molecule has 0 radical (unpaired) electrons. The van der Waals surface area contributed by atoms with E-state index in [4.69, 9.17) is 9.72 Å². The zero-order valence-electron chi connectivity index (χ0n) is 11.0. The van der Waals surface area contributed by atoms with Gasteiger partial charge >= 0.3 is 0 Å². The Morgan fingerprint density at radius 1 is 1.39 bits per heavy atom. The normalized spacial score (nSPS) is 22.3. The van der Waals surface area contributed by atoms with Crippen molar-refractivity contribution in [2.45, 2.75) is 56.7 Å². The predicted octanol–water partition coefficient (Wildman–Crippen LogP) is 2.14. The van der Waals surface area contributed by atoms with E-state index in [2.05, 4.69) is 10.3 Å². The van der Waals surface area contributed by atoms with E-state index in [0.29, 0.717) is 6.04 Å². The Morgan fingerprint density at radius 2 is 2.17 bits per heavy atom. The van der Waals surface area contributed by atoms with Gasteiger partial charge in [-0.1, -0.05) is 0 Å². The summed E-state index contributed by atoms with van der Waals surface area (Å²) >= 11 is 0. The Morgan fingerprint density at radius 3 is 2.83 bits per heavy atom. The Labute approximate surface area is 108 Å². The lowest BCUT2D eigenvalue weighted by Crippen LogP contribution is -2.28. The van der Waals surface area contributed by atoms with E-state index in [0.717, 1.165) is 30.9 Å². The average Bonchev–Trinajstić information content (AvgIpc) is 3.12. The second kappa shape index (κ2) is 4.94. The van der Waals surface area contributed by atoms with Crippen molar-refractivity contribution in [1.82, 2.24) is 15.3 Å². The van der Waals surface area contributed by atoms with Crippen molar-refractivity contribution in [1.29, 1.82) is 0 Å². The Kier molecular flexibility index (Phi) is 3.31. The van der Waals surface area contributed by atoms with Gasteiger partial charge in [-0.3, -0.25) is 0 Å². The molecule has 2 aliphatic rings. The molecule has 2 fully saturated rings. The molecule has 1 N–H and O–H groups in total. The lowest BCUT2D eigenvalue weighted by atomic mass is 10.0. The monoisotopic (exact) mass is 247 g/mol. The van der Waals surface area contributed by atoms with Crippen LogP contribution in [0.3, 0.4) is 0 Å². The van der Waals surface area contributed by atoms with Gasteiger partial charge in [0.25, 0.3) is 0 Å². The van der Waals surface area contributed by atoms with Crippen LogP contribution in [0.2, 0.25) is 0 Å². The number of hydrogen-bond acceptors (Lipinski definition) is 4. The highest BCUT2D eigenvalue weighted by atomic mass is 16.5. The summed E-state index contributed by atoms with van der Waals surface area (Å²) in [6.07, 6.45) is 8.99. The van der Waals surface area contributed by atoms with Crippen molar-refractivity contribution in [3.8, 4) is 0 Å². The van der Waals surface area contributed by atoms with E-state index < -0.39 is 0 Å². The molecule has 0 bridgehead atoms. The van der Waals surface area contributed by atoms with Crippen molar-refractivity contribution in [3.05, 3.63) is 23.8 Å². The standard InChI is InChI=1S/C14H21N3O/c1-18-14(7-2-3-8-14)13-15-9-6-12(17-13)10-16-11-4-5-11/h6,9,11,16H,2-5,7-8,10H2,1H3. The molecule has 98 valence electrons. The molecule has 0 saturated heterocycles. The average molecular weight is 247 g/mol. The van der Waals surface area contributed by atoms with E-state index in [1.807, 2.05) is 12.3 Å². The van der Waals surface area contributed by atoms with E-state index in [9.17, 15) is 0 Å². The van der Waals surface area contributed by atoms with Gasteiger partial charge in [0.1, 0.15) is 5.60 Å². The van der Waals surface area contributed by atoms with Crippen LogP contribution >= 0.6 is 0 Å². The molecule has 4 nitrogen and oxygen atoms in total. The van der Waals surface area contributed by atoms with Gasteiger partial charge in [-0.15, -0.1) is 0 Å². The molecule has 0 unspecified atom stereocenters. The van der Waals surface area contributed by atoms with Crippen LogP contribution in [0.25, 0.3) is 0 Å². The third kappa shape index (κ3) is 2.40. The highest BCUT2D eigenvalue weighted by Gasteiger charge is 2.38. The van der Waals surface area contributed by atoms with E-state index >= 15 is 0 Å². The summed E-state index contributed by atoms with van der Waals surface area (Å²) < 4.78 is 5.73. The van der Waals surface area contributed by atoms with Crippen LogP contribution in [0, 0.1) is 0 Å². The molecule has 4 heteroatoms. The van der Waals surface area contributed by atoms with E-state index in [1.54, 1.807) is 7.11 Å². The third-order valence-corrected chi connectivity index (χ3v) is 4.07. The lowest BCUT2D eigenvalue weighted by Gasteiger charge is -2.25. The number of nitrogens with one attached hydrogen (secondary N) is 1. The predicted molar refractivity (Wildman–Crippen MR) is 69.0 cm³/mol. The van der Waals surface area contributed by atoms with Crippen LogP contribution in [0.1, 0.15) is 50.0 Å². The molecule has 2 saturated carbocycles. The van der Waals surface area contributed by atoms with Crippen LogP contribution in [-0.4, -0.2) is 23.1 Å². The van der Waals surface area contributed by atoms with Gasteiger partial charge < -0.3 is 10.1 Å². The number of ether oxygens (including phenoxy) is 1. The van der Waals surface area contributed by atoms with Crippen molar-refractivity contribution >= 4 is 0 Å². The van der Waals surface area contributed by atoms with Crippen molar-refractivity contribution in [3.63, 3.8) is 0 Å². The highest BCUT2D eigenvalue weighted by Crippen LogP contribution is 2.39. The molecule has 0 aliphatic heterocycles. The minimum absolute atomic E-state index is 0.227. The molecular formula is C14H21N3O. The minimum atomic E-state index is -0.227. The fourth-order valence-electron chi connectivity index (χ4n) is 2.72. The number of rotatable bonds is 5. The largest absolute Gasteiger partial charge is 0.370 e. The summed E-state index contributed by atoms with van der Waals surface area (Å²) in [4.78, 5) is 9.14. The van der Waals surface area contributed by atoms with Crippen LogP contribution in [0.4, 0.5) is 0 Å². The maximum atomic E-state index is 5.73. The summed E-state index contributed by atoms with van der Waals surface area (Å²) in [7, 11) is 1.78. The van der Waals surface area contributed by atoms with Gasteiger partial charge in [-0.2, -0.15) is 0 Å². The highest BCUT2D eigenvalue weighted by molar-refractivity contribution is 5.10. The molecular weight excluding hydrogens is 226 g/mol. The summed E-state index contributed by atoms with van der Waals surface area (Å²) in [5.41, 5.74) is 0.852. The molecule has 1 aromatic rings. The van der Waals surface area contributed by atoms with Gasteiger partial charge in [-0.25, -0.2) is 9.97 Å². The zero-order valence-corrected chi connectivity index (χ0v) is 11.0. The smallest absolute Gasteiger partial charge is 0.160 e. The molecule has 3 rings (SSSR count). The summed E-state index contributed by atoms with van der Waals surface area (Å²) in [6, 6.07) is 2.71. The van der Waals surface area contributed by atoms with Gasteiger partial charge in [-0.05, 0) is 44.6 Å². The first-order valence-corrected chi connectivity index (χ1v) is 6.93. The molecule has 1 heterocycles. The Hall–Kier alpha value is -1.00. The van der Waals surface area contributed by atoms with Crippen molar-refractivity contribution in [2.24, 2.45) is 0 Å². The molecule has 0 amide bonds. The number of methoxy groups -OCH3 is 1. The number of aromatic nitrogens is 2. The van der Waals surface area contributed by atoms with Crippen molar-refractivity contribution in [2.75, 3.05) is 7.11 Å². The quantitative estimate of drug-likeness (QED) is 0.866. The first-order chi connectivity index (χ1) is 8.82. The van der Waals surface area contributed by atoms with Crippen LogP contribution in [-0.2, 0) is 16.9 Å². The molecule has 18 heavy (non-hydrogen) atoms. The number of hydrogen-bond donors (Lipinski definition) is 1. The minimum Gasteiger partial charge on any atom is -0.370 e. The van der Waals surface area contributed by atoms with Gasteiger partial charge in [0, 0.05) is 25.9 Å². The lowest BCUT2D eigenvalue weighted by molar-refractivity contribution is -0.0164. The second-order valence-electron chi connectivity index (χ2n) is 5.43. The van der Waals surface area contributed by atoms with Crippen LogP contribution in [0.5, 0.6) is 0 Å². The first kappa shape index (κ1) is 12.1. The van der Waals surface area contributed by atoms with Gasteiger partial charge in [0.15, 0.2) is 5.82 Å². The van der Waals surface area contributed by atoms with E-state index in [1.165, 1.54) is 25.7 Å². The van der Waals surface area contributed by atoms with Crippen LogP contribution < -0.4 is 5.32 Å². The molecule has 1 aromatic heterocycles. The van der Waals surface area contributed by atoms with Gasteiger partial charge in [0.2, 0.25) is 0 Å². The molecule has 0 aromatic carbocycles. The maximum absolute atomic E-state index is 5.73.